The summed E-state index contributed by atoms with van der Waals surface area (Å²) in [7, 11) is 4.15. The Hall–Kier alpha value is -0.610. The Morgan fingerprint density at radius 1 is 1.40 bits per heavy atom. The summed E-state index contributed by atoms with van der Waals surface area (Å²) >= 11 is 0. The van der Waals surface area contributed by atoms with E-state index >= 15 is 0 Å². The van der Waals surface area contributed by atoms with Crippen LogP contribution in [0.1, 0.15) is 39.0 Å². The first-order valence-corrected chi connectivity index (χ1v) is 8.23. The summed E-state index contributed by atoms with van der Waals surface area (Å²) < 4.78 is 0. The second-order valence-corrected chi connectivity index (χ2v) is 6.85. The second-order valence-electron chi connectivity index (χ2n) is 6.85. The molecule has 4 nitrogen and oxygen atoms in total. The van der Waals surface area contributed by atoms with E-state index in [1.807, 2.05) is 11.9 Å². The molecule has 0 spiro atoms. The first-order valence-electron chi connectivity index (χ1n) is 8.23. The summed E-state index contributed by atoms with van der Waals surface area (Å²) in [6.07, 6.45) is 5.61. The Morgan fingerprint density at radius 2 is 2.20 bits per heavy atom. The van der Waals surface area contributed by atoms with Gasteiger partial charge in [-0.05, 0) is 64.2 Å². The largest absolute Gasteiger partial charge is 0.341 e. The minimum Gasteiger partial charge on any atom is -0.341 e. The van der Waals surface area contributed by atoms with Crippen LogP contribution >= 0.6 is 0 Å². The number of carbonyl (C=O) groups is 1. The van der Waals surface area contributed by atoms with Gasteiger partial charge in [-0.2, -0.15) is 0 Å². The van der Waals surface area contributed by atoms with Gasteiger partial charge in [-0.15, -0.1) is 0 Å². The van der Waals surface area contributed by atoms with Gasteiger partial charge in [0.05, 0.1) is 0 Å². The van der Waals surface area contributed by atoms with E-state index in [0.29, 0.717) is 30.2 Å². The lowest BCUT2D eigenvalue weighted by Gasteiger charge is -2.37. The highest BCUT2D eigenvalue weighted by molar-refractivity contribution is 5.76. The van der Waals surface area contributed by atoms with Crippen molar-refractivity contribution in [3.63, 3.8) is 0 Å². The van der Waals surface area contributed by atoms with Crippen LogP contribution in [-0.4, -0.2) is 62.0 Å². The molecule has 1 amide bonds. The molecule has 0 aromatic rings. The molecule has 2 aliphatic heterocycles. The van der Waals surface area contributed by atoms with Crippen LogP contribution in [0.25, 0.3) is 0 Å². The minimum atomic E-state index is 0.336. The second kappa shape index (κ2) is 7.41. The number of hydrogen-bond acceptors (Lipinski definition) is 3. The Bertz CT molecular complexity index is 315. The zero-order chi connectivity index (χ0) is 14.5. The van der Waals surface area contributed by atoms with Gasteiger partial charge in [-0.1, -0.05) is 6.92 Å². The molecular formula is C16H31N3O. The van der Waals surface area contributed by atoms with Crippen molar-refractivity contribution < 1.29 is 4.79 Å². The van der Waals surface area contributed by atoms with Gasteiger partial charge in [-0.3, -0.25) is 4.79 Å². The molecule has 20 heavy (non-hydrogen) atoms. The van der Waals surface area contributed by atoms with Gasteiger partial charge in [0.2, 0.25) is 5.91 Å². The fraction of sp³-hybridized carbons (Fsp3) is 0.938. The van der Waals surface area contributed by atoms with E-state index in [1.165, 1.54) is 25.8 Å². The molecule has 2 rings (SSSR count). The number of rotatable bonds is 4. The van der Waals surface area contributed by atoms with Gasteiger partial charge in [-0.25, -0.2) is 0 Å². The van der Waals surface area contributed by atoms with Crippen molar-refractivity contribution in [2.75, 3.05) is 40.3 Å². The minimum absolute atomic E-state index is 0.336. The summed E-state index contributed by atoms with van der Waals surface area (Å²) in [5.41, 5.74) is 0. The van der Waals surface area contributed by atoms with E-state index in [-0.39, 0.29) is 0 Å². The molecule has 0 aliphatic carbocycles. The van der Waals surface area contributed by atoms with Crippen molar-refractivity contribution in [3.05, 3.63) is 0 Å². The molecule has 4 heteroatoms. The van der Waals surface area contributed by atoms with Crippen molar-refractivity contribution >= 4 is 5.91 Å². The maximum Gasteiger partial charge on any atom is 0.222 e. The summed E-state index contributed by atoms with van der Waals surface area (Å²) in [5, 5.41) is 3.46. The molecule has 0 saturated carbocycles. The lowest BCUT2D eigenvalue weighted by molar-refractivity contribution is -0.134. The van der Waals surface area contributed by atoms with Crippen LogP contribution in [-0.2, 0) is 4.79 Å². The van der Waals surface area contributed by atoms with E-state index in [2.05, 4.69) is 24.2 Å². The van der Waals surface area contributed by atoms with Crippen LogP contribution in [0.2, 0.25) is 0 Å². The average molecular weight is 281 g/mol. The molecule has 2 aliphatic rings. The van der Waals surface area contributed by atoms with Crippen molar-refractivity contribution in [2.24, 2.45) is 11.8 Å². The van der Waals surface area contributed by atoms with Crippen LogP contribution in [0.15, 0.2) is 0 Å². The van der Waals surface area contributed by atoms with Crippen LogP contribution < -0.4 is 5.32 Å². The Morgan fingerprint density at radius 3 is 2.85 bits per heavy atom. The predicted octanol–water partition coefficient (Wildman–Crippen LogP) is 1.56. The van der Waals surface area contributed by atoms with E-state index in [9.17, 15) is 4.79 Å². The van der Waals surface area contributed by atoms with Gasteiger partial charge in [0.25, 0.3) is 0 Å². The molecular weight excluding hydrogens is 250 g/mol. The van der Waals surface area contributed by atoms with Crippen molar-refractivity contribution in [1.29, 1.82) is 0 Å². The lowest BCUT2D eigenvalue weighted by atomic mass is 9.85. The van der Waals surface area contributed by atoms with Crippen LogP contribution in [0, 0.1) is 11.8 Å². The number of nitrogens with one attached hydrogen (secondary N) is 1. The zero-order valence-corrected chi connectivity index (χ0v) is 13.4. The van der Waals surface area contributed by atoms with Crippen LogP contribution in [0.3, 0.4) is 0 Å². The van der Waals surface area contributed by atoms with E-state index in [4.69, 9.17) is 0 Å². The first kappa shape index (κ1) is 15.8. The highest BCUT2D eigenvalue weighted by Crippen LogP contribution is 2.24. The van der Waals surface area contributed by atoms with Crippen LogP contribution in [0.4, 0.5) is 0 Å². The molecule has 116 valence electrons. The maximum absolute atomic E-state index is 12.5. The molecule has 2 fully saturated rings. The number of amides is 1. The first-order chi connectivity index (χ1) is 9.58. The van der Waals surface area contributed by atoms with Gasteiger partial charge in [0.15, 0.2) is 0 Å². The predicted molar refractivity (Wildman–Crippen MR) is 82.7 cm³/mol. The third kappa shape index (κ3) is 4.19. The molecule has 0 radical (unpaired) electrons. The van der Waals surface area contributed by atoms with Gasteiger partial charge >= 0.3 is 0 Å². The number of likely N-dealkylation sites (tertiary alicyclic amines) is 1. The molecule has 0 aromatic carbocycles. The maximum atomic E-state index is 12.5. The number of piperidine rings is 2. The van der Waals surface area contributed by atoms with Gasteiger partial charge in [0.1, 0.15) is 0 Å². The SMILES string of the molecule is CC(CC(=O)N(C)C1CCCN(C)C1)C1CCCNC1. The van der Waals surface area contributed by atoms with E-state index < -0.39 is 0 Å². The fourth-order valence-corrected chi connectivity index (χ4v) is 3.61. The van der Waals surface area contributed by atoms with Gasteiger partial charge < -0.3 is 15.1 Å². The highest BCUT2D eigenvalue weighted by atomic mass is 16.2. The van der Waals surface area contributed by atoms with E-state index in [1.54, 1.807) is 0 Å². The average Bonchev–Trinajstić information content (AvgIpc) is 2.47. The quantitative estimate of drug-likeness (QED) is 0.849. The zero-order valence-electron chi connectivity index (χ0n) is 13.4. The standard InChI is InChI=1S/C16H31N3O/c1-13(14-6-4-8-17-11-14)10-16(20)19(3)15-7-5-9-18(2)12-15/h13-15,17H,4-12H2,1-3H3. The van der Waals surface area contributed by atoms with Crippen molar-refractivity contribution in [3.8, 4) is 0 Å². The summed E-state index contributed by atoms with van der Waals surface area (Å²) in [6, 6.07) is 0.415. The molecule has 0 bridgehead atoms. The number of carbonyl (C=O) groups excluding carboxylic acids is 1. The normalized spacial score (nSPS) is 29.9. The van der Waals surface area contributed by atoms with Gasteiger partial charge in [0, 0.05) is 26.1 Å². The Balaban J connectivity index is 1.80. The summed E-state index contributed by atoms with van der Waals surface area (Å²) in [6.45, 7) is 6.68. The molecule has 3 atom stereocenters. The molecule has 0 aromatic heterocycles. The molecule has 3 unspecified atom stereocenters. The number of hydrogen-bond donors (Lipinski definition) is 1. The smallest absolute Gasteiger partial charge is 0.222 e. The fourth-order valence-electron chi connectivity index (χ4n) is 3.61. The monoisotopic (exact) mass is 281 g/mol. The molecule has 2 saturated heterocycles. The lowest BCUT2D eigenvalue weighted by Crippen LogP contribution is -2.47. The van der Waals surface area contributed by atoms with Crippen LogP contribution in [0.5, 0.6) is 0 Å². The third-order valence-electron chi connectivity index (χ3n) is 5.18. The van der Waals surface area contributed by atoms with Crippen molar-refractivity contribution in [1.82, 2.24) is 15.1 Å². The highest BCUT2D eigenvalue weighted by Gasteiger charge is 2.27. The Kier molecular flexibility index (Phi) is 5.85. The number of nitrogens with zero attached hydrogens (tertiary/aromatic N) is 2. The number of likely N-dealkylation sites (N-methyl/N-ethyl adjacent to an activating group) is 2. The van der Waals surface area contributed by atoms with E-state index in [0.717, 1.165) is 26.1 Å². The van der Waals surface area contributed by atoms with Crippen molar-refractivity contribution in [2.45, 2.75) is 45.1 Å². The third-order valence-corrected chi connectivity index (χ3v) is 5.18. The molecule has 1 N–H and O–H groups in total. The topological polar surface area (TPSA) is 35.6 Å². The molecule has 2 heterocycles. The summed E-state index contributed by atoms with van der Waals surface area (Å²) in [5.74, 6) is 1.51. The summed E-state index contributed by atoms with van der Waals surface area (Å²) in [4.78, 5) is 16.8. The Labute approximate surface area is 123 Å².